The van der Waals surface area contributed by atoms with Gasteiger partial charge in [0.1, 0.15) is 0 Å². The number of hydrogen-bond donors (Lipinski definition) is 1. The van der Waals surface area contributed by atoms with Gasteiger partial charge in [-0.05, 0) is 46.1 Å². The summed E-state index contributed by atoms with van der Waals surface area (Å²) in [6, 6.07) is 0.0985. The molecule has 1 fully saturated rings. The Bertz CT molecular complexity index is 454. The van der Waals surface area contributed by atoms with Crippen LogP contribution >= 0.6 is 11.3 Å². The Morgan fingerprint density at radius 3 is 2.74 bits per heavy atom. The van der Waals surface area contributed by atoms with Crippen LogP contribution in [-0.4, -0.2) is 35.9 Å². The van der Waals surface area contributed by atoms with Crippen LogP contribution in [0.1, 0.15) is 41.4 Å². The van der Waals surface area contributed by atoms with E-state index in [1.807, 2.05) is 25.8 Å². The molecule has 1 saturated carbocycles. The van der Waals surface area contributed by atoms with Gasteiger partial charge < -0.3 is 10.2 Å². The lowest BCUT2D eigenvalue weighted by molar-refractivity contribution is -0.130. The first-order chi connectivity index (χ1) is 8.99. The summed E-state index contributed by atoms with van der Waals surface area (Å²) in [7, 11) is 1.88. The Kier molecular flexibility index (Phi) is 4.58. The number of carbonyl (C=O) groups excluding carboxylic acids is 1. The van der Waals surface area contributed by atoms with Gasteiger partial charge in [-0.15, -0.1) is 11.3 Å². The quantitative estimate of drug-likeness (QED) is 0.870. The molecule has 1 aliphatic carbocycles. The third-order valence-corrected chi connectivity index (χ3v) is 4.94. The first-order valence-corrected chi connectivity index (χ1v) is 7.71. The molecule has 0 aliphatic heterocycles. The van der Waals surface area contributed by atoms with Gasteiger partial charge in [0.25, 0.3) is 0 Å². The standard InChI is InChI=1S/C14H23N3OS/c1-9-14(19-11(3)16-9)10(2)17(4)13(18)8-15-7-12-5-6-12/h10,12,15H,5-8H2,1-4H3. The van der Waals surface area contributed by atoms with Crippen molar-refractivity contribution in [3.05, 3.63) is 15.6 Å². The zero-order chi connectivity index (χ0) is 14.0. The number of aromatic nitrogens is 1. The molecule has 0 radical (unpaired) electrons. The van der Waals surface area contributed by atoms with Crippen LogP contribution in [0, 0.1) is 19.8 Å². The number of likely N-dealkylation sites (N-methyl/N-ethyl adjacent to an activating group) is 1. The van der Waals surface area contributed by atoms with Gasteiger partial charge in [-0.25, -0.2) is 4.98 Å². The van der Waals surface area contributed by atoms with Crippen molar-refractivity contribution in [1.29, 1.82) is 0 Å². The van der Waals surface area contributed by atoms with Crippen LogP contribution in [0.15, 0.2) is 0 Å². The molecular weight excluding hydrogens is 258 g/mol. The molecule has 0 bridgehead atoms. The Hall–Kier alpha value is -0.940. The molecule has 106 valence electrons. The normalized spacial score (nSPS) is 16.4. The summed E-state index contributed by atoms with van der Waals surface area (Å²) < 4.78 is 0. The number of amides is 1. The second-order valence-electron chi connectivity index (χ2n) is 5.44. The fraction of sp³-hybridized carbons (Fsp3) is 0.714. The Morgan fingerprint density at radius 2 is 2.21 bits per heavy atom. The lowest BCUT2D eigenvalue weighted by Gasteiger charge is -2.24. The molecule has 1 aromatic rings. The third-order valence-electron chi connectivity index (χ3n) is 3.70. The van der Waals surface area contributed by atoms with Crippen molar-refractivity contribution in [3.63, 3.8) is 0 Å². The van der Waals surface area contributed by atoms with Crippen LogP contribution in [0.25, 0.3) is 0 Å². The highest BCUT2D eigenvalue weighted by atomic mass is 32.1. The van der Waals surface area contributed by atoms with Crippen molar-refractivity contribution >= 4 is 17.2 Å². The number of nitrogens with one attached hydrogen (secondary N) is 1. The van der Waals surface area contributed by atoms with Crippen molar-refractivity contribution in [2.75, 3.05) is 20.1 Å². The van der Waals surface area contributed by atoms with E-state index in [1.165, 1.54) is 17.7 Å². The first-order valence-electron chi connectivity index (χ1n) is 6.89. The minimum Gasteiger partial charge on any atom is -0.337 e. The summed E-state index contributed by atoms with van der Waals surface area (Å²) in [4.78, 5) is 19.6. The summed E-state index contributed by atoms with van der Waals surface area (Å²) in [6.07, 6.45) is 2.62. The van der Waals surface area contributed by atoms with Crippen LogP contribution in [0.3, 0.4) is 0 Å². The van der Waals surface area contributed by atoms with Gasteiger partial charge >= 0.3 is 0 Å². The molecule has 1 N–H and O–H groups in total. The van der Waals surface area contributed by atoms with Crippen molar-refractivity contribution in [2.45, 2.75) is 39.7 Å². The van der Waals surface area contributed by atoms with Gasteiger partial charge in [-0.1, -0.05) is 0 Å². The predicted octanol–water partition coefficient (Wildman–Crippen LogP) is 2.28. The highest BCUT2D eigenvalue weighted by Gasteiger charge is 2.23. The molecule has 0 spiro atoms. The number of rotatable bonds is 6. The van der Waals surface area contributed by atoms with Gasteiger partial charge in [-0.3, -0.25) is 4.79 Å². The molecule has 1 amide bonds. The smallest absolute Gasteiger partial charge is 0.236 e. The summed E-state index contributed by atoms with van der Waals surface area (Å²) in [5, 5.41) is 4.31. The highest BCUT2D eigenvalue weighted by molar-refractivity contribution is 7.11. The van der Waals surface area contributed by atoms with E-state index in [0.29, 0.717) is 6.54 Å². The van der Waals surface area contributed by atoms with Gasteiger partial charge in [0.15, 0.2) is 0 Å². The molecule has 1 atom stereocenters. The maximum absolute atomic E-state index is 12.1. The molecule has 5 heteroatoms. The molecule has 4 nitrogen and oxygen atoms in total. The van der Waals surface area contributed by atoms with Gasteiger partial charge in [-0.2, -0.15) is 0 Å². The van der Waals surface area contributed by atoms with Crippen LogP contribution in [0.2, 0.25) is 0 Å². The monoisotopic (exact) mass is 281 g/mol. The maximum atomic E-state index is 12.1. The van der Waals surface area contributed by atoms with E-state index < -0.39 is 0 Å². The van der Waals surface area contributed by atoms with E-state index in [0.717, 1.165) is 23.2 Å². The molecule has 1 unspecified atom stereocenters. The number of aryl methyl sites for hydroxylation is 2. The van der Waals surface area contributed by atoms with Gasteiger partial charge in [0, 0.05) is 11.9 Å². The van der Waals surface area contributed by atoms with Gasteiger partial charge in [0.05, 0.1) is 23.3 Å². The second kappa shape index (κ2) is 6.01. The predicted molar refractivity (Wildman–Crippen MR) is 78.4 cm³/mol. The molecule has 1 aromatic heterocycles. The van der Waals surface area contributed by atoms with E-state index in [2.05, 4.69) is 17.2 Å². The van der Waals surface area contributed by atoms with E-state index in [4.69, 9.17) is 0 Å². The topological polar surface area (TPSA) is 45.2 Å². The average Bonchev–Trinajstić information content (AvgIpc) is 3.12. The number of hydrogen-bond acceptors (Lipinski definition) is 4. The number of carbonyl (C=O) groups is 1. The summed E-state index contributed by atoms with van der Waals surface area (Å²) in [5.41, 5.74) is 1.04. The SMILES string of the molecule is Cc1nc(C)c(C(C)N(C)C(=O)CNCC2CC2)s1. The van der Waals surface area contributed by atoms with Crippen molar-refractivity contribution < 1.29 is 4.79 Å². The Balaban J connectivity index is 1.87. The van der Waals surface area contributed by atoms with Crippen LogP contribution in [0.4, 0.5) is 0 Å². The summed E-state index contributed by atoms with van der Waals surface area (Å²) >= 11 is 1.68. The van der Waals surface area contributed by atoms with Crippen LogP contribution in [-0.2, 0) is 4.79 Å². The average molecular weight is 281 g/mol. The first kappa shape index (κ1) is 14.5. The fourth-order valence-electron chi connectivity index (χ4n) is 2.16. The largest absolute Gasteiger partial charge is 0.337 e. The van der Waals surface area contributed by atoms with E-state index in [-0.39, 0.29) is 11.9 Å². The van der Waals surface area contributed by atoms with Crippen LogP contribution < -0.4 is 5.32 Å². The summed E-state index contributed by atoms with van der Waals surface area (Å²) in [5.74, 6) is 0.959. The lowest BCUT2D eigenvalue weighted by atomic mass is 10.2. The number of thiazole rings is 1. The minimum atomic E-state index is 0.0985. The second-order valence-corrected chi connectivity index (χ2v) is 6.67. The number of nitrogens with zero attached hydrogens (tertiary/aromatic N) is 2. The molecule has 2 rings (SSSR count). The van der Waals surface area contributed by atoms with Crippen molar-refractivity contribution in [2.24, 2.45) is 5.92 Å². The highest BCUT2D eigenvalue weighted by Crippen LogP contribution is 2.29. The minimum absolute atomic E-state index is 0.0985. The van der Waals surface area contributed by atoms with Gasteiger partial charge in [0.2, 0.25) is 5.91 Å². The van der Waals surface area contributed by atoms with Crippen molar-refractivity contribution in [1.82, 2.24) is 15.2 Å². The van der Waals surface area contributed by atoms with E-state index >= 15 is 0 Å². The van der Waals surface area contributed by atoms with Crippen LogP contribution in [0.5, 0.6) is 0 Å². The van der Waals surface area contributed by atoms with E-state index in [9.17, 15) is 4.79 Å². The maximum Gasteiger partial charge on any atom is 0.236 e. The lowest BCUT2D eigenvalue weighted by Crippen LogP contribution is -2.37. The fourth-order valence-corrected chi connectivity index (χ4v) is 3.18. The van der Waals surface area contributed by atoms with Crippen molar-refractivity contribution in [3.8, 4) is 0 Å². The zero-order valence-corrected chi connectivity index (χ0v) is 13.0. The Morgan fingerprint density at radius 1 is 1.53 bits per heavy atom. The molecule has 1 aliphatic rings. The molecule has 19 heavy (non-hydrogen) atoms. The Labute approximate surface area is 119 Å². The molecule has 0 saturated heterocycles. The zero-order valence-electron chi connectivity index (χ0n) is 12.2. The molecule has 0 aromatic carbocycles. The molecular formula is C14H23N3OS. The third kappa shape index (κ3) is 3.76. The summed E-state index contributed by atoms with van der Waals surface area (Å²) in [6.45, 7) is 7.51. The molecule has 1 heterocycles. The van der Waals surface area contributed by atoms with E-state index in [1.54, 1.807) is 11.3 Å².